The summed E-state index contributed by atoms with van der Waals surface area (Å²) in [5.74, 6) is -0.766. The molecule has 0 heterocycles. The van der Waals surface area contributed by atoms with Gasteiger partial charge in [0.15, 0.2) is 0 Å². The van der Waals surface area contributed by atoms with Gasteiger partial charge < -0.3 is 10.2 Å². The van der Waals surface area contributed by atoms with Crippen molar-refractivity contribution in [1.82, 2.24) is 10.2 Å². The van der Waals surface area contributed by atoms with Crippen LogP contribution in [0, 0.1) is 6.92 Å². The van der Waals surface area contributed by atoms with Crippen molar-refractivity contribution in [1.29, 1.82) is 0 Å². The van der Waals surface area contributed by atoms with Crippen molar-refractivity contribution in [3.05, 3.63) is 64.7 Å². The van der Waals surface area contributed by atoms with Crippen molar-refractivity contribution in [3.63, 3.8) is 0 Å². The van der Waals surface area contributed by atoms with Gasteiger partial charge in [0.1, 0.15) is 12.6 Å². The average molecular weight is 480 g/mol. The molecule has 0 radical (unpaired) electrons. The first-order chi connectivity index (χ1) is 15.1. The number of nitrogens with zero attached hydrogens (tertiary/aromatic N) is 2. The zero-order valence-electron chi connectivity index (χ0n) is 18.8. The number of halogens is 1. The Morgan fingerprint density at radius 1 is 1.06 bits per heavy atom. The zero-order chi connectivity index (χ0) is 23.9. The number of para-hydroxylation sites is 1. The molecule has 0 aliphatic rings. The molecule has 0 saturated heterocycles. The third kappa shape index (κ3) is 6.46. The smallest absolute Gasteiger partial charge is 0.244 e. The molecule has 0 aromatic heterocycles. The molecule has 0 fully saturated rings. The van der Waals surface area contributed by atoms with Gasteiger partial charge in [-0.05, 0) is 43.5 Å². The van der Waals surface area contributed by atoms with Crippen molar-refractivity contribution in [2.45, 2.75) is 39.8 Å². The van der Waals surface area contributed by atoms with Crippen LogP contribution in [0.3, 0.4) is 0 Å². The molecule has 7 nitrogen and oxygen atoms in total. The molecule has 2 aromatic rings. The second kappa shape index (κ2) is 11.3. The zero-order valence-corrected chi connectivity index (χ0v) is 20.4. The lowest BCUT2D eigenvalue weighted by Gasteiger charge is -2.33. The van der Waals surface area contributed by atoms with Gasteiger partial charge in [0.25, 0.3) is 0 Å². The normalized spacial score (nSPS) is 12.2. The maximum absolute atomic E-state index is 13.5. The number of anilines is 1. The van der Waals surface area contributed by atoms with E-state index < -0.39 is 28.5 Å². The van der Waals surface area contributed by atoms with E-state index in [1.165, 1.54) is 4.90 Å². The minimum Gasteiger partial charge on any atom is -0.355 e. The second-order valence-corrected chi connectivity index (χ2v) is 9.80. The lowest BCUT2D eigenvalue weighted by Crippen LogP contribution is -2.52. The topological polar surface area (TPSA) is 86.8 Å². The predicted molar refractivity (Wildman–Crippen MR) is 128 cm³/mol. The van der Waals surface area contributed by atoms with Gasteiger partial charge in [-0.1, -0.05) is 54.9 Å². The molecule has 1 atom stereocenters. The summed E-state index contributed by atoms with van der Waals surface area (Å²) in [6.07, 6.45) is 1.41. The van der Waals surface area contributed by atoms with E-state index in [2.05, 4.69) is 5.32 Å². The van der Waals surface area contributed by atoms with Crippen molar-refractivity contribution < 1.29 is 18.0 Å². The predicted octanol–water partition coefficient (Wildman–Crippen LogP) is 3.36. The average Bonchev–Trinajstić information content (AvgIpc) is 2.73. The number of amides is 2. The fourth-order valence-electron chi connectivity index (χ4n) is 3.43. The largest absolute Gasteiger partial charge is 0.355 e. The Bertz CT molecular complexity index is 1060. The number of benzene rings is 2. The third-order valence-electron chi connectivity index (χ3n) is 5.14. The van der Waals surface area contributed by atoms with E-state index >= 15 is 0 Å². The maximum atomic E-state index is 13.5. The summed E-state index contributed by atoms with van der Waals surface area (Å²) in [6.45, 7) is 5.70. The van der Waals surface area contributed by atoms with Gasteiger partial charge in [-0.25, -0.2) is 8.42 Å². The van der Waals surface area contributed by atoms with E-state index in [1.54, 1.807) is 31.2 Å². The summed E-state index contributed by atoms with van der Waals surface area (Å²) in [5, 5.41) is 2.99. The quantitative estimate of drug-likeness (QED) is 0.566. The van der Waals surface area contributed by atoms with Gasteiger partial charge in [-0.3, -0.25) is 13.9 Å². The number of hydrogen-bond donors (Lipinski definition) is 1. The number of carbonyl (C=O) groups excluding carboxylic acids is 2. The molecule has 0 unspecified atom stereocenters. The van der Waals surface area contributed by atoms with Crippen molar-refractivity contribution >= 4 is 39.1 Å². The molecule has 0 saturated carbocycles. The first-order valence-electron chi connectivity index (χ1n) is 10.4. The Morgan fingerprint density at radius 3 is 2.25 bits per heavy atom. The van der Waals surface area contributed by atoms with Crippen molar-refractivity contribution in [3.8, 4) is 0 Å². The van der Waals surface area contributed by atoms with Gasteiger partial charge in [0, 0.05) is 13.1 Å². The lowest BCUT2D eigenvalue weighted by molar-refractivity contribution is -0.140. The Morgan fingerprint density at radius 2 is 1.69 bits per heavy atom. The summed E-state index contributed by atoms with van der Waals surface area (Å²) in [7, 11) is -3.81. The molecule has 0 spiro atoms. The lowest BCUT2D eigenvalue weighted by atomic mass is 10.1. The van der Waals surface area contributed by atoms with Gasteiger partial charge >= 0.3 is 0 Å². The molecular weight excluding hydrogens is 450 g/mol. The number of nitrogens with one attached hydrogen (secondary N) is 1. The Balaban J connectivity index is 2.46. The highest BCUT2D eigenvalue weighted by atomic mass is 35.5. The van der Waals surface area contributed by atoms with Crippen LogP contribution in [-0.4, -0.2) is 50.5 Å². The van der Waals surface area contributed by atoms with Crippen LogP contribution >= 0.6 is 11.6 Å². The van der Waals surface area contributed by atoms with Gasteiger partial charge in [0.2, 0.25) is 21.8 Å². The summed E-state index contributed by atoms with van der Waals surface area (Å²) in [4.78, 5) is 27.7. The standard InChI is InChI=1S/C23H30ClN3O4S/c1-5-20(23(29)25-6-2)26(15-18-12-8-7-11-17(18)3)22(28)16-27(32(4,30)31)21-14-10-9-13-19(21)24/h7-14,20H,5-6,15-16H2,1-4H3,(H,25,29)/t20-/m0/s1. The van der Waals surface area contributed by atoms with E-state index in [4.69, 9.17) is 11.6 Å². The summed E-state index contributed by atoms with van der Waals surface area (Å²) < 4.78 is 26.1. The van der Waals surface area contributed by atoms with E-state index in [-0.39, 0.29) is 23.2 Å². The van der Waals surface area contributed by atoms with E-state index in [0.717, 1.165) is 21.7 Å². The summed E-state index contributed by atoms with van der Waals surface area (Å²) in [6, 6.07) is 13.3. The van der Waals surface area contributed by atoms with Crippen LogP contribution in [0.25, 0.3) is 0 Å². The van der Waals surface area contributed by atoms with Crippen LogP contribution < -0.4 is 9.62 Å². The molecule has 2 rings (SSSR count). The molecule has 0 bridgehead atoms. The number of hydrogen-bond acceptors (Lipinski definition) is 4. The molecule has 9 heteroatoms. The first kappa shape index (κ1) is 25.7. The number of aryl methyl sites for hydroxylation is 1. The maximum Gasteiger partial charge on any atom is 0.244 e. The third-order valence-corrected chi connectivity index (χ3v) is 6.59. The first-order valence-corrected chi connectivity index (χ1v) is 12.7. The molecule has 174 valence electrons. The molecular formula is C23H30ClN3O4S. The SMILES string of the molecule is CCNC(=O)[C@H](CC)N(Cc1ccccc1C)C(=O)CN(c1ccccc1Cl)S(C)(=O)=O. The number of sulfonamides is 1. The van der Waals surface area contributed by atoms with Crippen LogP contribution in [-0.2, 0) is 26.2 Å². The molecule has 32 heavy (non-hydrogen) atoms. The molecule has 0 aliphatic carbocycles. The minimum atomic E-state index is -3.81. The number of carbonyl (C=O) groups is 2. The highest BCUT2D eigenvalue weighted by Gasteiger charge is 2.32. The van der Waals surface area contributed by atoms with Crippen LogP contribution in [0.4, 0.5) is 5.69 Å². The van der Waals surface area contributed by atoms with Crippen molar-refractivity contribution in [2.75, 3.05) is 23.7 Å². The number of likely N-dealkylation sites (N-methyl/N-ethyl adjacent to an activating group) is 1. The Hall–Kier alpha value is -2.58. The molecule has 2 amide bonds. The van der Waals surface area contributed by atoms with Crippen LogP contribution in [0.15, 0.2) is 48.5 Å². The summed E-state index contributed by atoms with van der Waals surface area (Å²) in [5.41, 5.74) is 2.07. The highest BCUT2D eigenvalue weighted by molar-refractivity contribution is 7.92. The van der Waals surface area contributed by atoms with E-state index in [9.17, 15) is 18.0 Å². The van der Waals surface area contributed by atoms with Gasteiger partial charge in [-0.15, -0.1) is 0 Å². The monoisotopic (exact) mass is 479 g/mol. The van der Waals surface area contributed by atoms with Crippen LogP contribution in [0.5, 0.6) is 0 Å². The fraction of sp³-hybridized carbons (Fsp3) is 0.391. The molecule has 2 aromatic carbocycles. The van der Waals surface area contributed by atoms with Gasteiger partial charge in [0.05, 0.1) is 17.0 Å². The minimum absolute atomic E-state index is 0.182. The fourth-order valence-corrected chi connectivity index (χ4v) is 4.58. The van der Waals surface area contributed by atoms with E-state index in [1.807, 2.05) is 38.1 Å². The highest BCUT2D eigenvalue weighted by Crippen LogP contribution is 2.27. The van der Waals surface area contributed by atoms with Gasteiger partial charge in [-0.2, -0.15) is 0 Å². The van der Waals surface area contributed by atoms with E-state index in [0.29, 0.717) is 13.0 Å². The van der Waals surface area contributed by atoms with Crippen LogP contribution in [0.2, 0.25) is 5.02 Å². The Labute approximate surface area is 195 Å². The number of rotatable bonds is 10. The Kier molecular flexibility index (Phi) is 9.09. The van der Waals surface area contributed by atoms with Crippen molar-refractivity contribution in [2.24, 2.45) is 0 Å². The molecule has 0 aliphatic heterocycles. The van der Waals surface area contributed by atoms with Crippen LogP contribution in [0.1, 0.15) is 31.4 Å². The second-order valence-electron chi connectivity index (χ2n) is 7.49. The summed E-state index contributed by atoms with van der Waals surface area (Å²) >= 11 is 6.22. The molecule has 1 N–H and O–H groups in total.